The molecule has 1 saturated carbocycles. The normalized spacial score (nSPS) is 14.6. The van der Waals surface area contributed by atoms with Crippen molar-refractivity contribution in [3.05, 3.63) is 35.6 Å². The van der Waals surface area contributed by atoms with Crippen molar-refractivity contribution in [2.75, 3.05) is 20.1 Å². The molecule has 2 rings (SSSR count). The molecule has 0 radical (unpaired) electrons. The Bertz CT molecular complexity index is 525. The van der Waals surface area contributed by atoms with Crippen molar-refractivity contribution in [3.63, 3.8) is 0 Å². The Hall–Kier alpha value is -2.11. The van der Waals surface area contributed by atoms with Gasteiger partial charge in [-0.2, -0.15) is 0 Å². The Kier molecular flexibility index (Phi) is 5.75. The summed E-state index contributed by atoms with van der Waals surface area (Å²) in [6, 6.07) is 6.72. The van der Waals surface area contributed by atoms with E-state index in [1.807, 2.05) is 18.9 Å². The van der Waals surface area contributed by atoms with E-state index in [-0.39, 0.29) is 18.3 Å². The number of hydrogen-bond donors (Lipinski definition) is 2. The maximum absolute atomic E-state index is 12.9. The lowest BCUT2D eigenvalue weighted by atomic mass is 10.2. The third kappa shape index (κ3) is 5.35. The molecule has 0 spiro atoms. The summed E-state index contributed by atoms with van der Waals surface area (Å²) in [7, 11) is 1.89. The maximum atomic E-state index is 12.9. The molecular formula is C16H23FN4O. The quantitative estimate of drug-likeness (QED) is 0.618. The largest absolute Gasteiger partial charge is 0.357 e. The Morgan fingerprint density at radius 2 is 2.05 bits per heavy atom. The third-order valence-electron chi connectivity index (χ3n) is 3.34. The van der Waals surface area contributed by atoms with Gasteiger partial charge in [-0.15, -0.1) is 0 Å². The van der Waals surface area contributed by atoms with Gasteiger partial charge in [-0.1, -0.05) is 12.1 Å². The molecule has 22 heavy (non-hydrogen) atoms. The highest BCUT2D eigenvalue weighted by atomic mass is 19.1. The summed E-state index contributed by atoms with van der Waals surface area (Å²) in [5, 5.41) is 6.07. The van der Waals surface area contributed by atoms with Crippen LogP contribution < -0.4 is 10.6 Å². The van der Waals surface area contributed by atoms with Crippen LogP contribution in [-0.2, 0) is 11.3 Å². The van der Waals surface area contributed by atoms with E-state index >= 15 is 0 Å². The lowest BCUT2D eigenvalue weighted by Gasteiger charge is -2.22. The van der Waals surface area contributed by atoms with Crippen molar-refractivity contribution in [2.24, 2.45) is 4.99 Å². The maximum Gasteiger partial charge on any atom is 0.242 e. The van der Waals surface area contributed by atoms with Crippen molar-refractivity contribution in [2.45, 2.75) is 32.4 Å². The fourth-order valence-electron chi connectivity index (χ4n) is 2.06. The zero-order chi connectivity index (χ0) is 15.9. The van der Waals surface area contributed by atoms with Crippen LogP contribution in [-0.4, -0.2) is 42.9 Å². The smallest absolute Gasteiger partial charge is 0.242 e. The highest BCUT2D eigenvalue weighted by Crippen LogP contribution is 2.18. The van der Waals surface area contributed by atoms with Crippen molar-refractivity contribution in [1.82, 2.24) is 15.5 Å². The molecular weight excluding hydrogens is 283 g/mol. The summed E-state index contributed by atoms with van der Waals surface area (Å²) in [4.78, 5) is 18.0. The third-order valence-corrected chi connectivity index (χ3v) is 3.34. The summed E-state index contributed by atoms with van der Waals surface area (Å²) < 4.78 is 12.9. The standard InChI is InChI=1S/C16H23FN4O/c1-3-18-16(19-10-15(22)20-14-8-9-14)21(2)11-12-4-6-13(17)7-5-12/h4-7,14H,3,8-11H2,1-2H3,(H,18,19)(H,20,22). The molecule has 1 fully saturated rings. The fourth-order valence-corrected chi connectivity index (χ4v) is 2.06. The van der Waals surface area contributed by atoms with Crippen LogP contribution >= 0.6 is 0 Å². The monoisotopic (exact) mass is 306 g/mol. The summed E-state index contributed by atoms with van der Waals surface area (Å²) in [6.45, 7) is 3.41. The van der Waals surface area contributed by atoms with Gasteiger partial charge in [-0.3, -0.25) is 4.79 Å². The van der Waals surface area contributed by atoms with Crippen molar-refractivity contribution in [1.29, 1.82) is 0 Å². The molecule has 1 aromatic rings. The average molecular weight is 306 g/mol. The van der Waals surface area contributed by atoms with Gasteiger partial charge in [0.15, 0.2) is 5.96 Å². The van der Waals surface area contributed by atoms with Crippen molar-refractivity contribution >= 4 is 11.9 Å². The van der Waals surface area contributed by atoms with E-state index in [2.05, 4.69) is 15.6 Å². The molecule has 0 heterocycles. The average Bonchev–Trinajstić information content (AvgIpc) is 3.29. The number of hydrogen-bond acceptors (Lipinski definition) is 2. The Morgan fingerprint density at radius 1 is 1.36 bits per heavy atom. The highest BCUT2D eigenvalue weighted by molar-refractivity contribution is 5.85. The number of guanidine groups is 1. The number of halogens is 1. The molecule has 120 valence electrons. The fraction of sp³-hybridized carbons (Fsp3) is 0.500. The van der Waals surface area contributed by atoms with Gasteiger partial charge in [0, 0.05) is 26.2 Å². The molecule has 6 heteroatoms. The van der Waals surface area contributed by atoms with Gasteiger partial charge in [0.05, 0.1) is 0 Å². The number of carbonyl (C=O) groups excluding carboxylic acids is 1. The molecule has 2 N–H and O–H groups in total. The predicted molar refractivity (Wildman–Crippen MR) is 85.0 cm³/mol. The van der Waals surface area contributed by atoms with Gasteiger partial charge in [0.2, 0.25) is 5.91 Å². The minimum absolute atomic E-state index is 0.0481. The van der Waals surface area contributed by atoms with Gasteiger partial charge in [0.1, 0.15) is 12.4 Å². The molecule has 1 amide bonds. The number of nitrogens with one attached hydrogen (secondary N) is 2. The van der Waals surface area contributed by atoms with Gasteiger partial charge in [0.25, 0.3) is 0 Å². The number of carbonyl (C=O) groups is 1. The number of amides is 1. The van der Waals surface area contributed by atoms with E-state index in [1.165, 1.54) is 12.1 Å². The number of aliphatic imine (C=N–C) groups is 1. The van der Waals surface area contributed by atoms with Crippen LogP contribution in [0, 0.1) is 5.82 Å². The predicted octanol–water partition coefficient (Wildman–Crippen LogP) is 1.50. The van der Waals surface area contributed by atoms with Crippen LogP contribution in [0.1, 0.15) is 25.3 Å². The van der Waals surface area contributed by atoms with Gasteiger partial charge < -0.3 is 15.5 Å². The van der Waals surface area contributed by atoms with Gasteiger partial charge in [-0.05, 0) is 37.5 Å². The van der Waals surface area contributed by atoms with Gasteiger partial charge in [-0.25, -0.2) is 9.38 Å². The summed E-state index contributed by atoms with van der Waals surface area (Å²) in [5.74, 6) is 0.370. The van der Waals surface area contributed by atoms with E-state index in [0.717, 1.165) is 24.9 Å². The zero-order valence-electron chi connectivity index (χ0n) is 13.1. The molecule has 1 aliphatic rings. The molecule has 1 aliphatic carbocycles. The van der Waals surface area contributed by atoms with Crippen LogP contribution in [0.25, 0.3) is 0 Å². The second-order valence-electron chi connectivity index (χ2n) is 5.49. The lowest BCUT2D eigenvalue weighted by Crippen LogP contribution is -2.39. The molecule has 0 unspecified atom stereocenters. The minimum Gasteiger partial charge on any atom is -0.357 e. The second kappa shape index (κ2) is 7.77. The lowest BCUT2D eigenvalue weighted by molar-refractivity contribution is -0.119. The second-order valence-corrected chi connectivity index (χ2v) is 5.49. The number of benzene rings is 1. The van der Waals surface area contributed by atoms with Crippen molar-refractivity contribution < 1.29 is 9.18 Å². The summed E-state index contributed by atoms with van der Waals surface area (Å²) in [5.41, 5.74) is 0.983. The van der Waals surface area contributed by atoms with Crippen LogP contribution in [0.15, 0.2) is 29.3 Å². The molecule has 1 aromatic carbocycles. The van der Waals surface area contributed by atoms with Crippen LogP contribution in [0.2, 0.25) is 0 Å². The molecule has 0 atom stereocenters. The molecule has 0 aromatic heterocycles. The summed E-state index contributed by atoms with van der Waals surface area (Å²) in [6.07, 6.45) is 2.14. The molecule has 0 aliphatic heterocycles. The first-order valence-electron chi connectivity index (χ1n) is 7.61. The topological polar surface area (TPSA) is 56.7 Å². The minimum atomic E-state index is -0.247. The van der Waals surface area contributed by atoms with Crippen LogP contribution in [0.3, 0.4) is 0 Å². The van der Waals surface area contributed by atoms with Gasteiger partial charge >= 0.3 is 0 Å². The first-order chi connectivity index (χ1) is 10.6. The van der Waals surface area contributed by atoms with Crippen LogP contribution in [0.5, 0.6) is 0 Å². The zero-order valence-corrected chi connectivity index (χ0v) is 13.1. The Balaban J connectivity index is 1.92. The first kappa shape index (κ1) is 16.3. The SMILES string of the molecule is CCNC(=NCC(=O)NC1CC1)N(C)Cc1ccc(F)cc1. The number of rotatable bonds is 6. The van der Waals surface area contributed by atoms with E-state index in [1.54, 1.807) is 12.1 Å². The van der Waals surface area contributed by atoms with Crippen molar-refractivity contribution in [3.8, 4) is 0 Å². The summed E-state index contributed by atoms with van der Waals surface area (Å²) >= 11 is 0. The van der Waals surface area contributed by atoms with E-state index in [9.17, 15) is 9.18 Å². The van der Waals surface area contributed by atoms with E-state index < -0.39 is 0 Å². The molecule has 5 nitrogen and oxygen atoms in total. The molecule has 0 saturated heterocycles. The van der Waals surface area contributed by atoms with Crippen LogP contribution in [0.4, 0.5) is 4.39 Å². The molecule has 0 bridgehead atoms. The number of nitrogens with zero attached hydrogens (tertiary/aromatic N) is 2. The Morgan fingerprint density at radius 3 is 2.64 bits per heavy atom. The van der Waals surface area contributed by atoms with E-state index in [4.69, 9.17) is 0 Å². The first-order valence-corrected chi connectivity index (χ1v) is 7.61. The highest BCUT2D eigenvalue weighted by Gasteiger charge is 2.22. The van der Waals surface area contributed by atoms with E-state index in [0.29, 0.717) is 18.5 Å². The Labute approximate surface area is 130 Å².